The molecule has 1 aliphatic carbocycles. The van der Waals surface area contributed by atoms with Gasteiger partial charge in [-0.2, -0.15) is 0 Å². The number of piperazine rings is 1. The van der Waals surface area contributed by atoms with Gasteiger partial charge in [0.2, 0.25) is 5.91 Å². The standard InChI is InChI=1S/C24H23ClN4O3/c25-16-2-1-3-18(12-16)28-8-10-29(11-9-28)22-14-20(24(31)32)19-13-17(6-7-21(19)27-22)26-23(30)15-4-5-15/h1-3,6-7,12-15H,4-5,8-11H2,(H,26,30)(H,31,32). The normalized spacial score (nSPS) is 16.3. The van der Waals surface area contributed by atoms with E-state index in [1.54, 1.807) is 24.3 Å². The summed E-state index contributed by atoms with van der Waals surface area (Å²) in [7, 11) is 0. The quantitative estimate of drug-likeness (QED) is 0.604. The van der Waals surface area contributed by atoms with Crippen LogP contribution in [-0.4, -0.2) is 48.1 Å². The van der Waals surface area contributed by atoms with E-state index < -0.39 is 5.97 Å². The van der Waals surface area contributed by atoms with Gasteiger partial charge >= 0.3 is 5.97 Å². The van der Waals surface area contributed by atoms with Crippen molar-refractivity contribution in [3.63, 3.8) is 0 Å². The van der Waals surface area contributed by atoms with Crippen molar-refractivity contribution in [3.05, 3.63) is 59.1 Å². The lowest BCUT2D eigenvalue weighted by Crippen LogP contribution is -2.46. The maximum atomic E-state index is 12.1. The fourth-order valence-electron chi connectivity index (χ4n) is 4.08. The molecular formula is C24H23ClN4O3. The van der Waals surface area contributed by atoms with E-state index in [-0.39, 0.29) is 17.4 Å². The fourth-order valence-corrected chi connectivity index (χ4v) is 4.27. The summed E-state index contributed by atoms with van der Waals surface area (Å²) in [6, 6.07) is 14.7. The lowest BCUT2D eigenvalue weighted by Gasteiger charge is -2.37. The molecule has 0 atom stereocenters. The molecule has 0 bridgehead atoms. The number of nitrogens with zero attached hydrogens (tertiary/aromatic N) is 3. The second-order valence-corrected chi connectivity index (χ2v) is 8.72. The lowest BCUT2D eigenvalue weighted by atomic mass is 10.1. The molecule has 1 aliphatic heterocycles. The van der Waals surface area contributed by atoms with Crippen molar-refractivity contribution in [1.29, 1.82) is 0 Å². The van der Waals surface area contributed by atoms with Gasteiger partial charge in [-0.15, -0.1) is 0 Å². The first-order valence-electron chi connectivity index (χ1n) is 10.7. The lowest BCUT2D eigenvalue weighted by molar-refractivity contribution is -0.117. The molecule has 2 N–H and O–H groups in total. The predicted molar refractivity (Wildman–Crippen MR) is 126 cm³/mol. The smallest absolute Gasteiger partial charge is 0.336 e. The minimum atomic E-state index is -1.01. The molecule has 0 radical (unpaired) electrons. The SMILES string of the molecule is O=C(O)c1cc(N2CCN(c3cccc(Cl)c3)CC2)nc2ccc(NC(=O)C3CC3)cc12. The zero-order valence-electron chi connectivity index (χ0n) is 17.4. The number of aromatic nitrogens is 1. The Morgan fingerprint density at radius 3 is 2.44 bits per heavy atom. The number of carbonyl (C=O) groups is 2. The van der Waals surface area contributed by atoms with E-state index in [0.717, 1.165) is 44.7 Å². The van der Waals surface area contributed by atoms with Crippen LogP contribution in [0.2, 0.25) is 5.02 Å². The number of pyridine rings is 1. The molecule has 164 valence electrons. The van der Waals surface area contributed by atoms with Gasteiger partial charge in [0.15, 0.2) is 0 Å². The molecule has 0 unspecified atom stereocenters. The van der Waals surface area contributed by atoms with Crippen LogP contribution in [0.25, 0.3) is 10.9 Å². The molecule has 2 aliphatic rings. The van der Waals surface area contributed by atoms with Crippen molar-refractivity contribution in [1.82, 2.24) is 4.98 Å². The number of carboxylic acid groups (broad SMARTS) is 1. The number of amides is 1. The van der Waals surface area contributed by atoms with E-state index >= 15 is 0 Å². The molecule has 7 nitrogen and oxygen atoms in total. The molecule has 8 heteroatoms. The fraction of sp³-hybridized carbons (Fsp3) is 0.292. The summed E-state index contributed by atoms with van der Waals surface area (Å²) < 4.78 is 0. The molecule has 32 heavy (non-hydrogen) atoms. The highest BCUT2D eigenvalue weighted by Crippen LogP contribution is 2.32. The molecule has 5 rings (SSSR count). The minimum absolute atomic E-state index is 0.0108. The summed E-state index contributed by atoms with van der Waals surface area (Å²) in [4.78, 5) is 33.2. The van der Waals surface area contributed by atoms with Crippen LogP contribution in [0, 0.1) is 5.92 Å². The van der Waals surface area contributed by atoms with Gasteiger partial charge in [0.25, 0.3) is 0 Å². The van der Waals surface area contributed by atoms with Crippen molar-refractivity contribution < 1.29 is 14.7 Å². The molecule has 1 saturated heterocycles. The van der Waals surface area contributed by atoms with Crippen molar-refractivity contribution in [3.8, 4) is 0 Å². The Bertz CT molecular complexity index is 1200. The minimum Gasteiger partial charge on any atom is -0.478 e. The first kappa shape index (κ1) is 20.6. The van der Waals surface area contributed by atoms with Crippen LogP contribution in [0.5, 0.6) is 0 Å². The molecule has 1 amide bonds. The van der Waals surface area contributed by atoms with E-state index in [4.69, 9.17) is 16.6 Å². The van der Waals surface area contributed by atoms with E-state index in [0.29, 0.717) is 27.4 Å². The number of benzene rings is 2. The summed E-state index contributed by atoms with van der Waals surface area (Å²) in [5.74, 6) is -0.295. The van der Waals surface area contributed by atoms with Crippen molar-refractivity contribution in [2.24, 2.45) is 5.92 Å². The molecule has 1 saturated carbocycles. The Morgan fingerprint density at radius 2 is 1.75 bits per heavy atom. The average molecular weight is 451 g/mol. The van der Waals surface area contributed by atoms with E-state index in [9.17, 15) is 14.7 Å². The summed E-state index contributed by atoms with van der Waals surface area (Å²) in [5, 5.41) is 13.9. The van der Waals surface area contributed by atoms with E-state index in [2.05, 4.69) is 15.1 Å². The average Bonchev–Trinajstić information content (AvgIpc) is 3.64. The number of anilines is 3. The second-order valence-electron chi connectivity index (χ2n) is 8.28. The van der Waals surface area contributed by atoms with Crippen molar-refractivity contribution in [2.45, 2.75) is 12.8 Å². The Labute approximate surface area is 190 Å². The van der Waals surface area contributed by atoms with Crippen LogP contribution in [0.1, 0.15) is 23.2 Å². The largest absolute Gasteiger partial charge is 0.478 e. The number of hydrogen-bond donors (Lipinski definition) is 2. The summed E-state index contributed by atoms with van der Waals surface area (Å²) >= 11 is 6.12. The van der Waals surface area contributed by atoms with Crippen LogP contribution in [0.4, 0.5) is 17.2 Å². The molecule has 1 aromatic heterocycles. The Balaban J connectivity index is 1.38. The van der Waals surface area contributed by atoms with Crippen LogP contribution in [-0.2, 0) is 4.79 Å². The van der Waals surface area contributed by atoms with Gasteiger partial charge in [-0.05, 0) is 55.3 Å². The highest BCUT2D eigenvalue weighted by molar-refractivity contribution is 6.30. The van der Waals surface area contributed by atoms with Crippen LogP contribution >= 0.6 is 11.6 Å². The number of nitrogens with one attached hydrogen (secondary N) is 1. The zero-order chi connectivity index (χ0) is 22.2. The van der Waals surface area contributed by atoms with Crippen LogP contribution < -0.4 is 15.1 Å². The first-order chi connectivity index (χ1) is 15.5. The maximum absolute atomic E-state index is 12.1. The van der Waals surface area contributed by atoms with Gasteiger partial charge in [0, 0.05) is 53.9 Å². The van der Waals surface area contributed by atoms with Crippen LogP contribution in [0.15, 0.2) is 48.5 Å². The summed E-state index contributed by atoms with van der Waals surface area (Å²) in [5.41, 5.74) is 2.46. The topological polar surface area (TPSA) is 85.8 Å². The number of rotatable bonds is 5. The van der Waals surface area contributed by atoms with Gasteiger partial charge < -0.3 is 20.2 Å². The highest BCUT2D eigenvalue weighted by atomic mass is 35.5. The second kappa shape index (κ2) is 8.31. The van der Waals surface area contributed by atoms with Crippen LogP contribution in [0.3, 0.4) is 0 Å². The summed E-state index contributed by atoms with van der Waals surface area (Å²) in [6.45, 7) is 3.02. The monoisotopic (exact) mass is 450 g/mol. The third-order valence-corrected chi connectivity index (χ3v) is 6.25. The Kier molecular flexibility index (Phi) is 5.35. The van der Waals surface area contributed by atoms with E-state index in [1.165, 1.54) is 0 Å². The van der Waals surface area contributed by atoms with Gasteiger partial charge in [0.1, 0.15) is 5.82 Å². The third-order valence-electron chi connectivity index (χ3n) is 6.02. The van der Waals surface area contributed by atoms with Gasteiger partial charge in [-0.3, -0.25) is 4.79 Å². The Morgan fingerprint density at radius 1 is 1.00 bits per heavy atom. The summed E-state index contributed by atoms with van der Waals surface area (Å²) in [6.07, 6.45) is 1.82. The Hall–Kier alpha value is -3.32. The predicted octanol–water partition coefficient (Wildman–Crippen LogP) is 4.26. The number of carbonyl (C=O) groups excluding carboxylic acids is 1. The number of hydrogen-bond acceptors (Lipinski definition) is 5. The number of halogens is 1. The van der Waals surface area contributed by atoms with Gasteiger partial charge in [-0.1, -0.05) is 17.7 Å². The number of carboxylic acids is 1. The van der Waals surface area contributed by atoms with Gasteiger partial charge in [0.05, 0.1) is 11.1 Å². The molecule has 2 heterocycles. The van der Waals surface area contributed by atoms with Gasteiger partial charge in [-0.25, -0.2) is 9.78 Å². The van der Waals surface area contributed by atoms with Crippen molar-refractivity contribution in [2.75, 3.05) is 41.3 Å². The third kappa shape index (κ3) is 4.21. The molecule has 2 fully saturated rings. The number of aromatic carboxylic acids is 1. The molecule has 2 aromatic carbocycles. The van der Waals surface area contributed by atoms with Crippen molar-refractivity contribution >= 4 is 51.6 Å². The first-order valence-corrected chi connectivity index (χ1v) is 11.1. The maximum Gasteiger partial charge on any atom is 0.336 e. The molecular weight excluding hydrogens is 428 g/mol. The highest BCUT2D eigenvalue weighted by Gasteiger charge is 2.29. The molecule has 0 spiro atoms. The number of fused-ring (bicyclic) bond motifs is 1. The van der Waals surface area contributed by atoms with E-state index in [1.807, 2.05) is 24.3 Å². The molecule has 3 aromatic rings. The zero-order valence-corrected chi connectivity index (χ0v) is 18.2.